The van der Waals surface area contributed by atoms with Crippen molar-refractivity contribution in [1.29, 1.82) is 0 Å². The Bertz CT molecular complexity index is 573. The van der Waals surface area contributed by atoms with Crippen LogP contribution in [0.3, 0.4) is 0 Å². The first-order valence-corrected chi connectivity index (χ1v) is 8.62. The zero-order valence-corrected chi connectivity index (χ0v) is 13.5. The van der Waals surface area contributed by atoms with E-state index < -0.39 is 10.0 Å². The Labute approximate surface area is 129 Å². The second-order valence-corrected chi connectivity index (χ2v) is 7.79. The van der Waals surface area contributed by atoms with Crippen molar-refractivity contribution in [2.24, 2.45) is 5.92 Å². The molecule has 0 aliphatic carbocycles. The van der Waals surface area contributed by atoms with E-state index in [0.29, 0.717) is 41.5 Å². The minimum atomic E-state index is -3.57. The second-order valence-electron chi connectivity index (χ2n) is 5.04. The summed E-state index contributed by atoms with van der Waals surface area (Å²) in [5.74, 6) is 0.187. The molecule has 0 radical (unpaired) electrons. The van der Waals surface area contributed by atoms with Gasteiger partial charge >= 0.3 is 0 Å². The van der Waals surface area contributed by atoms with Crippen LogP contribution in [0.25, 0.3) is 0 Å². The maximum atomic E-state index is 12.5. The molecule has 1 aliphatic heterocycles. The van der Waals surface area contributed by atoms with Crippen molar-refractivity contribution in [2.45, 2.75) is 24.7 Å². The van der Waals surface area contributed by atoms with Gasteiger partial charge in [0.1, 0.15) is 0 Å². The first-order valence-electron chi connectivity index (χ1n) is 6.43. The quantitative estimate of drug-likeness (QED) is 0.922. The second kappa shape index (κ2) is 6.20. The van der Waals surface area contributed by atoms with Gasteiger partial charge in [0, 0.05) is 29.7 Å². The van der Waals surface area contributed by atoms with E-state index in [1.54, 1.807) is 6.92 Å². The number of rotatable bonds is 3. The van der Waals surface area contributed by atoms with E-state index in [1.165, 1.54) is 16.4 Å². The minimum absolute atomic E-state index is 0.107. The average Bonchev–Trinajstić information content (AvgIpc) is 2.44. The number of hydrogen-bond donors (Lipinski definition) is 1. The van der Waals surface area contributed by atoms with Crippen LogP contribution in [0, 0.1) is 12.8 Å². The van der Waals surface area contributed by atoms with E-state index in [-0.39, 0.29) is 17.4 Å². The van der Waals surface area contributed by atoms with Crippen molar-refractivity contribution in [3.8, 4) is 0 Å². The van der Waals surface area contributed by atoms with Crippen LogP contribution in [0.4, 0.5) is 0 Å². The summed E-state index contributed by atoms with van der Waals surface area (Å²) in [5.41, 5.74) is 0.672. The Morgan fingerprint density at radius 2 is 1.75 bits per heavy atom. The Morgan fingerprint density at radius 3 is 2.20 bits per heavy atom. The number of sulfonamides is 1. The summed E-state index contributed by atoms with van der Waals surface area (Å²) in [4.78, 5) is 0.126. The van der Waals surface area contributed by atoms with Gasteiger partial charge in [0.15, 0.2) is 0 Å². The zero-order valence-electron chi connectivity index (χ0n) is 11.1. The molecule has 1 aliphatic rings. The van der Waals surface area contributed by atoms with Gasteiger partial charge in [-0.25, -0.2) is 8.42 Å². The molecule has 1 saturated heterocycles. The number of hydrogen-bond acceptors (Lipinski definition) is 3. The largest absolute Gasteiger partial charge is 0.396 e. The molecule has 1 aromatic rings. The van der Waals surface area contributed by atoms with Gasteiger partial charge in [0.2, 0.25) is 10.0 Å². The van der Waals surface area contributed by atoms with Gasteiger partial charge in [0.05, 0.1) is 4.90 Å². The Kier molecular flexibility index (Phi) is 4.97. The molecule has 0 amide bonds. The Morgan fingerprint density at radius 1 is 1.25 bits per heavy atom. The summed E-state index contributed by atoms with van der Waals surface area (Å²) in [5, 5.41) is 9.79. The predicted octanol–water partition coefficient (Wildman–Crippen LogP) is 2.69. The molecule has 0 atom stereocenters. The molecular weight excluding hydrogens is 321 g/mol. The first kappa shape index (κ1) is 16.0. The molecule has 0 aromatic heterocycles. The van der Waals surface area contributed by atoms with Crippen molar-refractivity contribution >= 4 is 33.2 Å². The highest BCUT2D eigenvalue weighted by Gasteiger charge is 2.29. The maximum absolute atomic E-state index is 12.5. The van der Waals surface area contributed by atoms with Crippen LogP contribution >= 0.6 is 23.2 Å². The Hall–Kier alpha value is -0.330. The molecule has 0 bridgehead atoms. The van der Waals surface area contributed by atoms with E-state index in [2.05, 4.69) is 0 Å². The van der Waals surface area contributed by atoms with Gasteiger partial charge in [-0.1, -0.05) is 23.2 Å². The third kappa shape index (κ3) is 3.12. The van der Waals surface area contributed by atoms with Crippen molar-refractivity contribution in [3.05, 3.63) is 27.7 Å². The molecular formula is C13H17Cl2NO3S. The average molecular weight is 338 g/mol. The van der Waals surface area contributed by atoms with Gasteiger partial charge in [-0.15, -0.1) is 0 Å². The molecule has 7 heteroatoms. The van der Waals surface area contributed by atoms with Crippen LogP contribution < -0.4 is 0 Å². The molecule has 112 valence electrons. The third-order valence-electron chi connectivity index (χ3n) is 3.72. The number of nitrogens with zero attached hydrogens (tertiary/aromatic N) is 1. The number of benzene rings is 1. The number of piperidine rings is 1. The zero-order chi connectivity index (χ0) is 14.9. The summed E-state index contributed by atoms with van der Waals surface area (Å²) >= 11 is 12.0. The van der Waals surface area contributed by atoms with Crippen LogP contribution in [-0.2, 0) is 10.0 Å². The SMILES string of the molecule is Cc1c(Cl)cc(S(=O)(=O)N2CCC(CO)CC2)cc1Cl. The monoisotopic (exact) mass is 337 g/mol. The fourth-order valence-electron chi connectivity index (χ4n) is 2.25. The van der Waals surface area contributed by atoms with Crippen molar-refractivity contribution < 1.29 is 13.5 Å². The van der Waals surface area contributed by atoms with Crippen LogP contribution in [0.5, 0.6) is 0 Å². The van der Waals surface area contributed by atoms with Gasteiger partial charge < -0.3 is 5.11 Å². The van der Waals surface area contributed by atoms with Gasteiger partial charge in [-0.2, -0.15) is 4.31 Å². The van der Waals surface area contributed by atoms with E-state index >= 15 is 0 Å². The molecule has 1 fully saturated rings. The van der Waals surface area contributed by atoms with Crippen molar-refractivity contribution in [2.75, 3.05) is 19.7 Å². The van der Waals surface area contributed by atoms with Crippen LogP contribution in [-0.4, -0.2) is 37.5 Å². The van der Waals surface area contributed by atoms with Gasteiger partial charge in [-0.05, 0) is 43.4 Å². The molecule has 2 rings (SSSR count). The van der Waals surface area contributed by atoms with Crippen molar-refractivity contribution in [3.63, 3.8) is 0 Å². The highest BCUT2D eigenvalue weighted by Crippen LogP contribution is 2.30. The van der Waals surface area contributed by atoms with Crippen LogP contribution in [0.1, 0.15) is 18.4 Å². The summed E-state index contributed by atoms with van der Waals surface area (Å²) in [6, 6.07) is 2.88. The molecule has 0 unspecified atom stereocenters. The van der Waals surface area contributed by atoms with Gasteiger partial charge in [0.25, 0.3) is 0 Å². The van der Waals surface area contributed by atoms with Crippen molar-refractivity contribution in [1.82, 2.24) is 4.31 Å². The lowest BCUT2D eigenvalue weighted by Crippen LogP contribution is -2.39. The highest BCUT2D eigenvalue weighted by molar-refractivity contribution is 7.89. The third-order valence-corrected chi connectivity index (χ3v) is 6.39. The minimum Gasteiger partial charge on any atom is -0.396 e. The fraction of sp³-hybridized carbons (Fsp3) is 0.538. The summed E-state index contributed by atoms with van der Waals surface area (Å²) < 4.78 is 26.5. The first-order chi connectivity index (χ1) is 9.36. The lowest BCUT2D eigenvalue weighted by molar-refractivity contribution is 0.170. The van der Waals surface area contributed by atoms with Crippen LogP contribution in [0.15, 0.2) is 17.0 Å². The molecule has 20 heavy (non-hydrogen) atoms. The topological polar surface area (TPSA) is 57.6 Å². The highest BCUT2D eigenvalue weighted by atomic mass is 35.5. The van der Waals surface area contributed by atoms with E-state index in [0.717, 1.165) is 0 Å². The Balaban J connectivity index is 2.27. The predicted molar refractivity (Wildman–Crippen MR) is 79.8 cm³/mol. The summed E-state index contributed by atoms with van der Waals surface area (Å²) in [6.45, 7) is 2.68. The molecule has 1 N–H and O–H groups in total. The lowest BCUT2D eigenvalue weighted by atomic mass is 10.00. The molecule has 1 heterocycles. The van der Waals surface area contributed by atoms with Gasteiger partial charge in [-0.3, -0.25) is 0 Å². The fourth-order valence-corrected chi connectivity index (χ4v) is 4.39. The molecule has 0 spiro atoms. The van der Waals surface area contributed by atoms with E-state index in [9.17, 15) is 8.42 Å². The summed E-state index contributed by atoms with van der Waals surface area (Å²) in [7, 11) is -3.57. The molecule has 1 aromatic carbocycles. The normalized spacial score (nSPS) is 18.4. The summed E-state index contributed by atoms with van der Waals surface area (Å²) in [6.07, 6.45) is 1.34. The lowest BCUT2D eigenvalue weighted by Gasteiger charge is -2.30. The standard InChI is InChI=1S/C13H17Cl2NO3S/c1-9-12(14)6-11(7-13(9)15)20(18,19)16-4-2-10(8-17)3-5-16/h6-7,10,17H,2-5,8H2,1H3. The smallest absolute Gasteiger partial charge is 0.243 e. The van der Waals surface area contributed by atoms with Crippen LogP contribution in [0.2, 0.25) is 10.0 Å². The van der Waals surface area contributed by atoms with E-state index in [1.807, 2.05) is 0 Å². The number of halogens is 2. The number of aliphatic hydroxyl groups is 1. The maximum Gasteiger partial charge on any atom is 0.243 e. The molecule has 4 nitrogen and oxygen atoms in total. The number of aliphatic hydroxyl groups excluding tert-OH is 1. The molecule has 0 saturated carbocycles. The van der Waals surface area contributed by atoms with E-state index in [4.69, 9.17) is 28.3 Å².